The maximum absolute atomic E-state index is 11.5. The molecular weight excluding hydrogens is 204 g/mol. The lowest BCUT2D eigenvalue weighted by Gasteiger charge is -2.26. The maximum atomic E-state index is 11.5. The standard InChI is InChI=1S/C12H12N2O2/c13-7-6-10-2-4-11(5-3-10)14-8-1-9-16-12(14)15/h2-5H,1,6,8-9H2. The predicted octanol–water partition coefficient (Wildman–Crippen LogP) is 2.10. The first-order valence-corrected chi connectivity index (χ1v) is 5.21. The summed E-state index contributed by atoms with van der Waals surface area (Å²) in [7, 11) is 0. The number of carbonyl (C=O) groups is 1. The second-order valence-corrected chi connectivity index (χ2v) is 3.62. The highest BCUT2D eigenvalue weighted by molar-refractivity contribution is 5.88. The van der Waals surface area contributed by atoms with Gasteiger partial charge in [0, 0.05) is 12.2 Å². The lowest BCUT2D eigenvalue weighted by molar-refractivity contribution is 0.140. The highest BCUT2D eigenvalue weighted by Gasteiger charge is 2.20. The quantitative estimate of drug-likeness (QED) is 0.760. The molecule has 82 valence electrons. The van der Waals surface area contributed by atoms with Crippen molar-refractivity contribution in [3.63, 3.8) is 0 Å². The number of anilines is 1. The van der Waals surface area contributed by atoms with E-state index in [4.69, 9.17) is 10.00 Å². The topological polar surface area (TPSA) is 53.3 Å². The van der Waals surface area contributed by atoms with Gasteiger partial charge in [-0.2, -0.15) is 5.26 Å². The molecule has 4 nitrogen and oxygen atoms in total. The number of cyclic esters (lactones) is 1. The highest BCUT2D eigenvalue weighted by atomic mass is 16.6. The summed E-state index contributed by atoms with van der Waals surface area (Å²) in [6, 6.07) is 9.50. The van der Waals surface area contributed by atoms with Crippen molar-refractivity contribution in [2.45, 2.75) is 12.8 Å². The minimum Gasteiger partial charge on any atom is -0.449 e. The molecule has 0 aliphatic carbocycles. The first-order valence-electron chi connectivity index (χ1n) is 5.21. The molecular formula is C12H12N2O2. The minimum absolute atomic E-state index is 0.292. The second kappa shape index (κ2) is 4.67. The van der Waals surface area contributed by atoms with E-state index in [1.54, 1.807) is 4.90 Å². The monoisotopic (exact) mass is 216 g/mol. The van der Waals surface area contributed by atoms with Gasteiger partial charge in [-0.25, -0.2) is 4.79 Å². The van der Waals surface area contributed by atoms with Crippen LogP contribution in [0, 0.1) is 11.3 Å². The normalized spacial score (nSPS) is 15.4. The van der Waals surface area contributed by atoms with Gasteiger partial charge in [-0.15, -0.1) is 0 Å². The molecule has 1 amide bonds. The van der Waals surface area contributed by atoms with Crippen LogP contribution in [0.2, 0.25) is 0 Å². The van der Waals surface area contributed by atoms with Crippen LogP contribution in [0.25, 0.3) is 0 Å². The Kier molecular flexibility index (Phi) is 3.06. The van der Waals surface area contributed by atoms with Crippen molar-refractivity contribution in [3.8, 4) is 6.07 Å². The molecule has 1 aliphatic heterocycles. The molecule has 0 unspecified atom stereocenters. The van der Waals surface area contributed by atoms with Crippen LogP contribution >= 0.6 is 0 Å². The summed E-state index contributed by atoms with van der Waals surface area (Å²) in [5.74, 6) is 0. The molecule has 1 fully saturated rings. The largest absolute Gasteiger partial charge is 0.449 e. The molecule has 4 heteroatoms. The van der Waals surface area contributed by atoms with E-state index in [0.717, 1.165) is 17.7 Å². The number of benzene rings is 1. The smallest absolute Gasteiger partial charge is 0.414 e. The molecule has 0 aromatic heterocycles. The van der Waals surface area contributed by atoms with Crippen molar-refractivity contribution < 1.29 is 9.53 Å². The van der Waals surface area contributed by atoms with Crippen LogP contribution in [0.1, 0.15) is 12.0 Å². The Balaban J connectivity index is 2.14. The molecule has 1 heterocycles. The van der Waals surface area contributed by atoms with E-state index in [0.29, 0.717) is 19.6 Å². The minimum atomic E-state index is -0.292. The van der Waals surface area contributed by atoms with Crippen molar-refractivity contribution >= 4 is 11.8 Å². The summed E-state index contributed by atoms with van der Waals surface area (Å²) in [6.07, 6.45) is 0.954. The van der Waals surface area contributed by atoms with Crippen molar-refractivity contribution in [3.05, 3.63) is 29.8 Å². The van der Waals surface area contributed by atoms with Crippen LogP contribution in [0.15, 0.2) is 24.3 Å². The van der Waals surface area contributed by atoms with Gasteiger partial charge in [0.05, 0.1) is 19.1 Å². The van der Waals surface area contributed by atoms with Crippen LogP contribution in [0.3, 0.4) is 0 Å². The van der Waals surface area contributed by atoms with E-state index in [9.17, 15) is 4.79 Å². The molecule has 0 N–H and O–H groups in total. The second-order valence-electron chi connectivity index (χ2n) is 3.62. The molecule has 0 atom stereocenters. The SMILES string of the molecule is N#CCc1ccc(N2CCCOC2=O)cc1. The number of amides is 1. The zero-order valence-electron chi connectivity index (χ0n) is 8.85. The molecule has 16 heavy (non-hydrogen) atoms. The first kappa shape index (κ1) is 10.5. The lowest BCUT2D eigenvalue weighted by atomic mass is 10.1. The summed E-state index contributed by atoms with van der Waals surface area (Å²) >= 11 is 0. The molecule has 1 saturated heterocycles. The maximum Gasteiger partial charge on any atom is 0.414 e. The molecule has 2 rings (SSSR count). The number of ether oxygens (including phenoxy) is 1. The Morgan fingerprint density at radius 1 is 1.38 bits per heavy atom. The number of carbonyl (C=O) groups excluding carboxylic acids is 1. The van der Waals surface area contributed by atoms with E-state index in [1.165, 1.54) is 0 Å². The Morgan fingerprint density at radius 3 is 2.75 bits per heavy atom. The van der Waals surface area contributed by atoms with Gasteiger partial charge < -0.3 is 4.74 Å². The van der Waals surface area contributed by atoms with Crippen LogP contribution in [0.4, 0.5) is 10.5 Å². The number of hydrogen-bond acceptors (Lipinski definition) is 3. The van der Waals surface area contributed by atoms with Gasteiger partial charge in [0.2, 0.25) is 0 Å². The Morgan fingerprint density at radius 2 is 2.12 bits per heavy atom. The third-order valence-electron chi connectivity index (χ3n) is 2.50. The molecule has 0 radical (unpaired) electrons. The molecule has 1 aromatic carbocycles. The van der Waals surface area contributed by atoms with Crippen LogP contribution < -0.4 is 4.90 Å². The molecule has 0 saturated carbocycles. The van der Waals surface area contributed by atoms with Crippen LogP contribution in [-0.4, -0.2) is 19.2 Å². The summed E-state index contributed by atoms with van der Waals surface area (Å²) in [5.41, 5.74) is 1.78. The fraction of sp³-hybridized carbons (Fsp3) is 0.333. The fourth-order valence-electron chi connectivity index (χ4n) is 1.67. The summed E-state index contributed by atoms with van der Waals surface area (Å²) in [4.78, 5) is 13.1. The third-order valence-corrected chi connectivity index (χ3v) is 2.50. The predicted molar refractivity (Wildman–Crippen MR) is 59.1 cm³/mol. The Bertz CT molecular complexity index is 420. The van der Waals surface area contributed by atoms with E-state index in [2.05, 4.69) is 6.07 Å². The zero-order chi connectivity index (χ0) is 11.4. The lowest BCUT2D eigenvalue weighted by Crippen LogP contribution is -2.37. The number of rotatable bonds is 2. The van der Waals surface area contributed by atoms with E-state index in [1.807, 2.05) is 24.3 Å². The number of hydrogen-bond donors (Lipinski definition) is 0. The Hall–Kier alpha value is -2.02. The summed E-state index contributed by atoms with van der Waals surface area (Å²) in [6.45, 7) is 1.19. The van der Waals surface area contributed by atoms with E-state index >= 15 is 0 Å². The van der Waals surface area contributed by atoms with Crippen molar-refractivity contribution in [1.29, 1.82) is 5.26 Å². The Labute approximate surface area is 94.0 Å². The molecule has 1 aromatic rings. The average Bonchev–Trinajstić information content (AvgIpc) is 2.31. The molecule has 1 aliphatic rings. The fourth-order valence-corrected chi connectivity index (χ4v) is 1.67. The molecule has 0 spiro atoms. The number of nitriles is 1. The van der Waals surface area contributed by atoms with E-state index in [-0.39, 0.29) is 6.09 Å². The van der Waals surface area contributed by atoms with Gasteiger partial charge in [-0.05, 0) is 24.1 Å². The first-order chi connectivity index (χ1) is 7.81. The van der Waals surface area contributed by atoms with E-state index < -0.39 is 0 Å². The number of nitrogens with zero attached hydrogens (tertiary/aromatic N) is 2. The van der Waals surface area contributed by atoms with Crippen LogP contribution in [0.5, 0.6) is 0 Å². The van der Waals surface area contributed by atoms with Gasteiger partial charge in [0.1, 0.15) is 0 Å². The third kappa shape index (κ3) is 2.14. The zero-order valence-corrected chi connectivity index (χ0v) is 8.85. The molecule has 0 bridgehead atoms. The highest BCUT2D eigenvalue weighted by Crippen LogP contribution is 2.19. The average molecular weight is 216 g/mol. The van der Waals surface area contributed by atoms with Gasteiger partial charge in [-0.3, -0.25) is 4.90 Å². The van der Waals surface area contributed by atoms with Crippen LogP contribution in [-0.2, 0) is 11.2 Å². The summed E-state index contributed by atoms with van der Waals surface area (Å²) < 4.78 is 4.96. The van der Waals surface area contributed by atoms with Crippen molar-refractivity contribution in [2.75, 3.05) is 18.1 Å². The van der Waals surface area contributed by atoms with Crippen molar-refractivity contribution in [1.82, 2.24) is 0 Å². The van der Waals surface area contributed by atoms with Gasteiger partial charge in [-0.1, -0.05) is 12.1 Å². The summed E-state index contributed by atoms with van der Waals surface area (Å²) in [5, 5.41) is 8.55. The van der Waals surface area contributed by atoms with Gasteiger partial charge >= 0.3 is 6.09 Å². The van der Waals surface area contributed by atoms with Gasteiger partial charge in [0.15, 0.2) is 0 Å². The van der Waals surface area contributed by atoms with Crippen molar-refractivity contribution in [2.24, 2.45) is 0 Å². The van der Waals surface area contributed by atoms with Gasteiger partial charge in [0.25, 0.3) is 0 Å².